The molecular formula is C21H29N7. The van der Waals surface area contributed by atoms with E-state index in [0.29, 0.717) is 0 Å². The van der Waals surface area contributed by atoms with Gasteiger partial charge in [0.05, 0.1) is 17.1 Å². The van der Waals surface area contributed by atoms with E-state index in [4.69, 9.17) is 5.73 Å². The van der Waals surface area contributed by atoms with Crippen molar-refractivity contribution in [3.8, 4) is 0 Å². The summed E-state index contributed by atoms with van der Waals surface area (Å²) in [7, 11) is 8.22. The number of hydrogen-bond donors (Lipinski definition) is 1. The van der Waals surface area contributed by atoms with Crippen molar-refractivity contribution in [2.24, 2.45) is 16.0 Å². The molecule has 2 heterocycles. The highest BCUT2D eigenvalue weighted by Crippen LogP contribution is 2.40. The number of nitrogens with two attached hydrogens (primary N) is 1. The largest absolute Gasteiger partial charge is 0.378 e. The number of fused-ring (bicyclic) bond motifs is 1. The molecule has 2 unspecified atom stereocenters. The highest BCUT2D eigenvalue weighted by Gasteiger charge is 2.31. The number of benzene rings is 2. The highest BCUT2D eigenvalue weighted by atomic mass is 15.5. The van der Waals surface area contributed by atoms with Crippen LogP contribution in [-0.4, -0.2) is 53.6 Å². The lowest BCUT2D eigenvalue weighted by molar-refractivity contribution is 0.649. The summed E-state index contributed by atoms with van der Waals surface area (Å²) < 4.78 is 0. The molecule has 2 aromatic carbocycles. The lowest BCUT2D eigenvalue weighted by atomic mass is 10.2. The minimum Gasteiger partial charge on any atom is -0.378 e. The lowest BCUT2D eigenvalue weighted by Gasteiger charge is -2.22. The Morgan fingerprint density at radius 2 is 1.71 bits per heavy atom. The third-order valence-corrected chi connectivity index (χ3v) is 5.64. The van der Waals surface area contributed by atoms with Crippen LogP contribution in [0.4, 0.5) is 28.4 Å². The van der Waals surface area contributed by atoms with Gasteiger partial charge in [0.25, 0.3) is 0 Å². The predicted molar refractivity (Wildman–Crippen MR) is 117 cm³/mol. The van der Waals surface area contributed by atoms with Crippen LogP contribution in [0.1, 0.15) is 6.42 Å². The first-order chi connectivity index (χ1) is 13.4. The zero-order valence-corrected chi connectivity index (χ0v) is 17.1. The Balaban J connectivity index is 1.48. The van der Waals surface area contributed by atoms with Gasteiger partial charge in [-0.05, 0) is 48.9 Å². The Labute approximate surface area is 167 Å². The van der Waals surface area contributed by atoms with Crippen LogP contribution in [0, 0.1) is 0 Å². The molecule has 2 N–H and O–H groups in total. The quantitative estimate of drug-likeness (QED) is 0.826. The SMILES string of the molecule is CN(C)c1ccc2c(c1)N(C)C(N=Nc1ccc(N3CCC(N)C3)cc1)N2C. The molecule has 0 amide bonds. The first-order valence-electron chi connectivity index (χ1n) is 9.72. The van der Waals surface area contributed by atoms with Crippen molar-refractivity contribution < 1.29 is 0 Å². The normalized spacial score (nSPS) is 21.7. The summed E-state index contributed by atoms with van der Waals surface area (Å²) in [6.07, 6.45) is 0.904. The molecule has 0 bridgehead atoms. The highest BCUT2D eigenvalue weighted by molar-refractivity contribution is 5.80. The van der Waals surface area contributed by atoms with E-state index in [1.54, 1.807) is 0 Å². The molecule has 0 aromatic heterocycles. The monoisotopic (exact) mass is 379 g/mol. The summed E-state index contributed by atoms with van der Waals surface area (Å²) in [5, 5.41) is 9.11. The molecule has 2 aliphatic rings. The van der Waals surface area contributed by atoms with Crippen LogP contribution in [0.25, 0.3) is 0 Å². The number of hydrogen-bond acceptors (Lipinski definition) is 7. The van der Waals surface area contributed by atoms with Gasteiger partial charge in [0.1, 0.15) is 0 Å². The van der Waals surface area contributed by atoms with Gasteiger partial charge in [0, 0.05) is 58.7 Å². The molecule has 7 heteroatoms. The van der Waals surface area contributed by atoms with E-state index in [9.17, 15) is 0 Å². The number of nitrogens with zero attached hydrogens (tertiary/aromatic N) is 6. The molecule has 2 atom stereocenters. The number of azo groups is 1. The second-order valence-corrected chi connectivity index (χ2v) is 7.86. The lowest BCUT2D eigenvalue weighted by Crippen LogP contribution is -2.36. The summed E-state index contributed by atoms with van der Waals surface area (Å²) in [6, 6.07) is 15.0. The summed E-state index contributed by atoms with van der Waals surface area (Å²) in [4.78, 5) is 8.74. The van der Waals surface area contributed by atoms with Crippen LogP contribution in [0.3, 0.4) is 0 Å². The Hall–Kier alpha value is -2.80. The maximum atomic E-state index is 6.01. The average Bonchev–Trinajstić information content (AvgIpc) is 3.23. The van der Waals surface area contributed by atoms with Crippen LogP contribution in [0.15, 0.2) is 52.7 Å². The van der Waals surface area contributed by atoms with Crippen molar-refractivity contribution in [3.05, 3.63) is 42.5 Å². The van der Waals surface area contributed by atoms with Gasteiger partial charge in [0.15, 0.2) is 0 Å². The first-order valence-corrected chi connectivity index (χ1v) is 9.72. The molecule has 0 aliphatic carbocycles. The minimum atomic E-state index is -0.149. The molecule has 7 nitrogen and oxygen atoms in total. The van der Waals surface area contributed by atoms with Gasteiger partial charge in [-0.25, -0.2) is 0 Å². The fourth-order valence-corrected chi connectivity index (χ4v) is 3.90. The van der Waals surface area contributed by atoms with E-state index in [1.165, 1.54) is 17.1 Å². The van der Waals surface area contributed by atoms with Gasteiger partial charge in [0.2, 0.25) is 6.29 Å². The summed E-state index contributed by atoms with van der Waals surface area (Å²) in [5.74, 6) is 0. The van der Waals surface area contributed by atoms with Crippen LogP contribution >= 0.6 is 0 Å². The van der Waals surface area contributed by atoms with Crippen LogP contribution in [0.5, 0.6) is 0 Å². The van der Waals surface area contributed by atoms with Gasteiger partial charge in [-0.2, -0.15) is 5.11 Å². The molecule has 2 aliphatic heterocycles. The van der Waals surface area contributed by atoms with Crippen molar-refractivity contribution in [2.45, 2.75) is 18.8 Å². The second kappa shape index (κ2) is 7.31. The van der Waals surface area contributed by atoms with Crippen molar-refractivity contribution >= 4 is 28.4 Å². The second-order valence-electron chi connectivity index (χ2n) is 7.86. The standard InChI is InChI=1S/C21H29N7/c1-25(2)18-9-10-19-20(13-18)27(4)21(26(19)3)24-23-16-5-7-17(8-6-16)28-12-11-15(22)14-28/h5-10,13,15,21H,11-12,14,22H2,1-4H3. The third kappa shape index (κ3) is 3.38. The first kappa shape index (κ1) is 18.6. The fourth-order valence-electron chi connectivity index (χ4n) is 3.90. The molecule has 4 rings (SSSR count). The van der Waals surface area contributed by atoms with Crippen molar-refractivity contribution in [3.63, 3.8) is 0 Å². The molecule has 148 valence electrons. The minimum absolute atomic E-state index is 0.149. The molecule has 28 heavy (non-hydrogen) atoms. The van der Waals surface area contributed by atoms with E-state index in [1.807, 2.05) is 12.1 Å². The van der Waals surface area contributed by atoms with Crippen LogP contribution in [-0.2, 0) is 0 Å². The fraction of sp³-hybridized carbons (Fsp3) is 0.429. The predicted octanol–water partition coefficient (Wildman–Crippen LogP) is 3.24. The molecule has 0 radical (unpaired) electrons. The molecule has 0 spiro atoms. The van der Waals surface area contributed by atoms with Crippen molar-refractivity contribution in [2.75, 3.05) is 60.9 Å². The molecule has 1 fully saturated rings. The zero-order chi connectivity index (χ0) is 19.8. The Kier molecular flexibility index (Phi) is 4.85. The Bertz CT molecular complexity index is 862. The molecular weight excluding hydrogens is 350 g/mol. The molecule has 1 saturated heterocycles. The van der Waals surface area contributed by atoms with Crippen molar-refractivity contribution in [1.29, 1.82) is 0 Å². The van der Waals surface area contributed by atoms with Gasteiger partial charge in [-0.3, -0.25) is 0 Å². The average molecular weight is 380 g/mol. The molecule has 2 aromatic rings. The van der Waals surface area contributed by atoms with E-state index in [0.717, 1.165) is 30.9 Å². The van der Waals surface area contributed by atoms with Gasteiger partial charge in [-0.1, -0.05) is 0 Å². The zero-order valence-electron chi connectivity index (χ0n) is 17.1. The van der Waals surface area contributed by atoms with E-state index in [-0.39, 0.29) is 12.3 Å². The van der Waals surface area contributed by atoms with E-state index in [2.05, 4.69) is 88.4 Å². The van der Waals surface area contributed by atoms with Crippen molar-refractivity contribution in [1.82, 2.24) is 0 Å². The number of rotatable bonds is 4. The maximum Gasteiger partial charge on any atom is 0.218 e. The van der Waals surface area contributed by atoms with Crippen LogP contribution < -0.4 is 25.3 Å². The number of anilines is 4. The summed E-state index contributed by atoms with van der Waals surface area (Å²) in [6.45, 7) is 1.94. The third-order valence-electron chi connectivity index (χ3n) is 5.64. The topological polar surface area (TPSA) is 63.7 Å². The van der Waals surface area contributed by atoms with E-state index < -0.39 is 0 Å². The van der Waals surface area contributed by atoms with Crippen LogP contribution in [0.2, 0.25) is 0 Å². The Morgan fingerprint density at radius 1 is 1.00 bits per heavy atom. The maximum absolute atomic E-state index is 6.01. The van der Waals surface area contributed by atoms with E-state index >= 15 is 0 Å². The smallest absolute Gasteiger partial charge is 0.218 e. The Morgan fingerprint density at radius 3 is 2.36 bits per heavy atom. The summed E-state index contributed by atoms with van der Waals surface area (Å²) >= 11 is 0. The van der Waals surface area contributed by atoms with Gasteiger partial charge >= 0.3 is 0 Å². The molecule has 0 saturated carbocycles. The van der Waals surface area contributed by atoms with Gasteiger partial charge < -0.3 is 25.3 Å². The van der Waals surface area contributed by atoms with Gasteiger partial charge in [-0.15, -0.1) is 5.11 Å². The summed E-state index contributed by atoms with van der Waals surface area (Å²) in [5.41, 5.74) is 11.6.